The maximum Gasteiger partial charge on any atom is 0.267 e. The number of hydrogen-bond acceptors (Lipinski definition) is 4. The van der Waals surface area contributed by atoms with Crippen molar-refractivity contribution in [3.63, 3.8) is 0 Å². The second-order valence-corrected chi connectivity index (χ2v) is 3.34. The predicted octanol–water partition coefficient (Wildman–Crippen LogP) is 0.942. The van der Waals surface area contributed by atoms with Crippen LogP contribution in [-0.4, -0.2) is 22.6 Å². The summed E-state index contributed by atoms with van der Waals surface area (Å²) < 4.78 is 0.199. The number of anilines is 1. The summed E-state index contributed by atoms with van der Waals surface area (Å²) in [6.45, 7) is 0. The van der Waals surface area contributed by atoms with Crippen LogP contribution in [0.1, 0.15) is 16.1 Å². The van der Waals surface area contributed by atoms with Gasteiger partial charge in [0.05, 0.1) is 0 Å². The Bertz CT molecular complexity index is 391. The minimum absolute atomic E-state index is 0.173. The monoisotopic (exact) mass is 256 g/mol. The Morgan fingerprint density at radius 1 is 1.71 bits per heavy atom. The van der Waals surface area contributed by atoms with Gasteiger partial charge in [-0.1, -0.05) is 0 Å². The Hall–Kier alpha value is -1.43. The fraction of sp³-hybridized carbons (Fsp3) is 0.125. The number of primary amides is 1. The number of pyridine rings is 1. The van der Waals surface area contributed by atoms with Crippen LogP contribution < -0.4 is 11.1 Å². The zero-order chi connectivity index (χ0) is 10.7. The molecule has 1 aromatic rings. The molecule has 0 aliphatic heterocycles. The van der Waals surface area contributed by atoms with Gasteiger partial charge in [0.25, 0.3) is 5.91 Å². The van der Waals surface area contributed by atoms with E-state index in [9.17, 15) is 4.79 Å². The highest BCUT2D eigenvalue weighted by Crippen LogP contribution is 2.17. The number of hydrogen-bond donors (Lipinski definition) is 3. The first-order valence-corrected chi connectivity index (χ1v) is 4.57. The molecule has 0 spiro atoms. The van der Waals surface area contributed by atoms with Crippen molar-refractivity contribution in [2.75, 3.05) is 12.4 Å². The van der Waals surface area contributed by atoms with E-state index in [1.54, 1.807) is 7.05 Å². The number of halogens is 1. The fourth-order valence-corrected chi connectivity index (χ4v) is 1.29. The van der Waals surface area contributed by atoms with Crippen molar-refractivity contribution in [2.45, 2.75) is 0 Å². The van der Waals surface area contributed by atoms with E-state index in [4.69, 9.17) is 11.1 Å². The molecule has 0 radical (unpaired) electrons. The van der Waals surface area contributed by atoms with Gasteiger partial charge in [0.15, 0.2) is 0 Å². The zero-order valence-electron chi connectivity index (χ0n) is 7.47. The Kier molecular flexibility index (Phi) is 3.19. The highest BCUT2D eigenvalue weighted by Gasteiger charge is 2.09. The topological polar surface area (TPSA) is 91.9 Å². The molecule has 1 amide bonds. The van der Waals surface area contributed by atoms with E-state index >= 15 is 0 Å². The fourth-order valence-electron chi connectivity index (χ4n) is 0.972. The quantitative estimate of drug-likeness (QED) is 0.703. The molecule has 0 unspecified atom stereocenters. The molecule has 0 aliphatic rings. The van der Waals surface area contributed by atoms with E-state index in [0.717, 1.165) is 0 Å². The number of nitrogens with zero attached hydrogens (tertiary/aromatic N) is 1. The molecule has 1 heterocycles. The first-order valence-electron chi connectivity index (χ1n) is 3.78. The van der Waals surface area contributed by atoms with Crippen LogP contribution in [0.3, 0.4) is 0 Å². The number of amides is 1. The number of carbonyl (C=O) groups is 1. The Morgan fingerprint density at radius 2 is 2.36 bits per heavy atom. The molecular weight excluding hydrogens is 248 g/mol. The van der Waals surface area contributed by atoms with Gasteiger partial charge in [-0.05, 0) is 22.0 Å². The van der Waals surface area contributed by atoms with Gasteiger partial charge in [-0.15, -0.1) is 0 Å². The summed E-state index contributed by atoms with van der Waals surface area (Å²) in [6.07, 6.45) is 1.42. The average molecular weight is 257 g/mol. The van der Waals surface area contributed by atoms with Gasteiger partial charge in [0.2, 0.25) is 0 Å². The molecule has 0 bridgehead atoms. The first kappa shape index (κ1) is 10.6. The molecule has 1 aromatic heterocycles. The van der Waals surface area contributed by atoms with Gasteiger partial charge in [-0.3, -0.25) is 15.2 Å². The van der Waals surface area contributed by atoms with Crippen LogP contribution >= 0.6 is 15.9 Å². The van der Waals surface area contributed by atoms with E-state index in [2.05, 4.69) is 26.2 Å². The van der Waals surface area contributed by atoms with Crippen LogP contribution in [0.15, 0.2) is 12.3 Å². The molecule has 0 atom stereocenters. The van der Waals surface area contributed by atoms with Crippen molar-refractivity contribution in [3.8, 4) is 0 Å². The standard InChI is InChI=1S/C8H9BrN4O/c1-12-5-2-6(8(11)14)13-3-4(5)7(9)10/h2-3,10H,1H3,(H2,11,14)(H,12,13). The van der Waals surface area contributed by atoms with Crippen molar-refractivity contribution in [3.05, 3.63) is 23.5 Å². The molecule has 0 aliphatic carbocycles. The van der Waals surface area contributed by atoms with Crippen LogP contribution in [0.2, 0.25) is 0 Å². The second kappa shape index (κ2) is 4.19. The van der Waals surface area contributed by atoms with E-state index in [-0.39, 0.29) is 10.3 Å². The Labute approximate surface area is 89.4 Å². The summed E-state index contributed by atoms with van der Waals surface area (Å²) in [5.41, 5.74) is 6.46. The van der Waals surface area contributed by atoms with E-state index in [1.165, 1.54) is 12.3 Å². The molecule has 0 aromatic carbocycles. The number of nitrogens with one attached hydrogen (secondary N) is 2. The van der Waals surface area contributed by atoms with Crippen molar-refractivity contribution in [2.24, 2.45) is 5.73 Å². The SMILES string of the molecule is CNc1cc(C(N)=O)ncc1C(=N)Br. The molecule has 74 valence electrons. The molecule has 1 rings (SSSR count). The van der Waals surface area contributed by atoms with Gasteiger partial charge in [0.1, 0.15) is 10.3 Å². The van der Waals surface area contributed by atoms with Crippen LogP contribution in [0.4, 0.5) is 5.69 Å². The van der Waals surface area contributed by atoms with Crippen molar-refractivity contribution < 1.29 is 4.79 Å². The summed E-state index contributed by atoms with van der Waals surface area (Å²) >= 11 is 3.02. The largest absolute Gasteiger partial charge is 0.387 e. The summed E-state index contributed by atoms with van der Waals surface area (Å²) in [5.74, 6) is -0.589. The number of nitrogens with two attached hydrogens (primary N) is 1. The zero-order valence-corrected chi connectivity index (χ0v) is 9.05. The molecular formula is C8H9BrN4O. The predicted molar refractivity (Wildman–Crippen MR) is 58.1 cm³/mol. The van der Waals surface area contributed by atoms with Gasteiger partial charge >= 0.3 is 0 Å². The molecule has 6 heteroatoms. The highest BCUT2D eigenvalue weighted by atomic mass is 79.9. The van der Waals surface area contributed by atoms with Crippen LogP contribution in [0.25, 0.3) is 0 Å². The molecule has 4 N–H and O–H groups in total. The molecule has 0 fully saturated rings. The highest BCUT2D eigenvalue weighted by molar-refractivity contribution is 9.18. The van der Waals surface area contributed by atoms with Crippen molar-refractivity contribution in [1.29, 1.82) is 5.41 Å². The summed E-state index contributed by atoms with van der Waals surface area (Å²) in [7, 11) is 1.69. The minimum Gasteiger partial charge on any atom is -0.387 e. The lowest BCUT2D eigenvalue weighted by molar-refractivity contribution is 0.0995. The third-order valence-electron chi connectivity index (χ3n) is 1.66. The minimum atomic E-state index is -0.589. The lowest BCUT2D eigenvalue weighted by Crippen LogP contribution is -2.14. The van der Waals surface area contributed by atoms with E-state index < -0.39 is 5.91 Å². The Morgan fingerprint density at radius 3 is 2.79 bits per heavy atom. The number of carbonyl (C=O) groups excluding carboxylic acids is 1. The van der Waals surface area contributed by atoms with Crippen LogP contribution in [0, 0.1) is 5.41 Å². The normalized spacial score (nSPS) is 9.57. The lowest BCUT2D eigenvalue weighted by atomic mass is 10.2. The third kappa shape index (κ3) is 2.08. The maximum atomic E-state index is 10.8. The van der Waals surface area contributed by atoms with Gasteiger partial charge < -0.3 is 11.1 Å². The van der Waals surface area contributed by atoms with Gasteiger partial charge in [-0.25, -0.2) is 0 Å². The van der Waals surface area contributed by atoms with Crippen LogP contribution in [0.5, 0.6) is 0 Å². The maximum absolute atomic E-state index is 10.8. The number of aromatic nitrogens is 1. The van der Waals surface area contributed by atoms with E-state index in [1.807, 2.05) is 0 Å². The summed E-state index contributed by atoms with van der Waals surface area (Å²) in [5, 5.41) is 10.2. The molecule has 0 saturated carbocycles. The van der Waals surface area contributed by atoms with Crippen LogP contribution in [-0.2, 0) is 0 Å². The molecule has 5 nitrogen and oxygen atoms in total. The second-order valence-electron chi connectivity index (χ2n) is 2.54. The summed E-state index contributed by atoms with van der Waals surface area (Å²) in [6, 6.07) is 1.51. The van der Waals surface area contributed by atoms with Gasteiger partial charge in [0, 0.05) is 24.5 Å². The first-order chi connectivity index (χ1) is 6.56. The third-order valence-corrected chi connectivity index (χ3v) is 2.09. The molecule has 14 heavy (non-hydrogen) atoms. The number of rotatable bonds is 3. The van der Waals surface area contributed by atoms with Gasteiger partial charge in [-0.2, -0.15) is 0 Å². The van der Waals surface area contributed by atoms with Crippen molar-refractivity contribution in [1.82, 2.24) is 4.98 Å². The smallest absolute Gasteiger partial charge is 0.267 e. The van der Waals surface area contributed by atoms with E-state index in [0.29, 0.717) is 11.3 Å². The lowest BCUT2D eigenvalue weighted by Gasteiger charge is -2.06. The van der Waals surface area contributed by atoms with Crippen molar-refractivity contribution >= 4 is 32.1 Å². The average Bonchev–Trinajstić information content (AvgIpc) is 2.16. The summed E-state index contributed by atoms with van der Waals surface area (Å²) in [4.78, 5) is 14.6. The Balaban J connectivity index is 3.25. The molecule has 0 saturated heterocycles.